The summed E-state index contributed by atoms with van der Waals surface area (Å²) in [5.41, 5.74) is 3.44. The van der Waals surface area contributed by atoms with Crippen molar-refractivity contribution in [3.63, 3.8) is 0 Å². The average Bonchev–Trinajstić information content (AvgIpc) is 3.45. The molecule has 1 aliphatic rings. The predicted octanol–water partition coefficient (Wildman–Crippen LogP) is 4.84. The van der Waals surface area contributed by atoms with Gasteiger partial charge in [-0.25, -0.2) is 8.42 Å². The summed E-state index contributed by atoms with van der Waals surface area (Å²) >= 11 is 1.14. The van der Waals surface area contributed by atoms with Gasteiger partial charge in [-0.2, -0.15) is 4.31 Å². The third-order valence-corrected chi connectivity index (χ3v) is 9.87. The first-order valence-electron chi connectivity index (χ1n) is 12.7. The minimum Gasteiger partial charge on any atom is -0.456 e. The second kappa shape index (κ2) is 12.1. The molecule has 0 spiro atoms. The van der Waals surface area contributed by atoms with E-state index in [2.05, 4.69) is 31.0 Å². The first-order chi connectivity index (χ1) is 18.2. The van der Waals surface area contributed by atoms with Gasteiger partial charge in [-0.15, -0.1) is 11.3 Å². The van der Waals surface area contributed by atoms with Crippen LogP contribution < -0.4 is 10.2 Å². The maximum absolute atomic E-state index is 13.4. The summed E-state index contributed by atoms with van der Waals surface area (Å²) in [5, 5.41) is 4.45. The molecule has 0 fully saturated rings. The average molecular weight is 556 g/mol. The molecular formula is C28H33N3O5S2. The third-order valence-electron chi connectivity index (χ3n) is 6.59. The number of ether oxygens (including phenoxy) is 1. The van der Waals surface area contributed by atoms with E-state index in [0.717, 1.165) is 34.7 Å². The molecule has 3 aromatic rings. The summed E-state index contributed by atoms with van der Waals surface area (Å²) in [7, 11) is -3.78. The molecule has 2 aromatic carbocycles. The van der Waals surface area contributed by atoms with Crippen LogP contribution in [0.2, 0.25) is 0 Å². The lowest BCUT2D eigenvalue weighted by Gasteiger charge is -2.35. The minimum absolute atomic E-state index is 0.189. The Kier molecular flexibility index (Phi) is 8.86. The number of esters is 1. The Hall–Kier alpha value is -3.21. The number of amides is 1. The van der Waals surface area contributed by atoms with E-state index in [1.807, 2.05) is 48.5 Å². The molecule has 1 atom stereocenters. The van der Waals surface area contributed by atoms with E-state index in [0.29, 0.717) is 18.2 Å². The highest BCUT2D eigenvalue weighted by Gasteiger charge is 2.38. The number of nitrogens with one attached hydrogen (secondary N) is 1. The number of thiophene rings is 1. The Morgan fingerprint density at radius 1 is 1.11 bits per heavy atom. The van der Waals surface area contributed by atoms with Crippen LogP contribution in [0.3, 0.4) is 0 Å². The van der Waals surface area contributed by atoms with Gasteiger partial charge >= 0.3 is 5.97 Å². The normalized spacial score (nSPS) is 15.6. The Morgan fingerprint density at radius 3 is 2.50 bits per heavy atom. The van der Waals surface area contributed by atoms with Gasteiger partial charge in [-0.05, 0) is 74.0 Å². The fraction of sp³-hybridized carbons (Fsp3) is 0.357. The van der Waals surface area contributed by atoms with Gasteiger partial charge in [0.1, 0.15) is 4.21 Å². The number of carbonyl (C=O) groups is 2. The molecule has 202 valence electrons. The van der Waals surface area contributed by atoms with Crippen LogP contribution in [0.5, 0.6) is 0 Å². The molecule has 38 heavy (non-hydrogen) atoms. The summed E-state index contributed by atoms with van der Waals surface area (Å²) in [5.74, 6) is -1.10. The molecule has 0 aliphatic carbocycles. The highest BCUT2D eigenvalue weighted by Crippen LogP contribution is 2.37. The number of carbonyl (C=O) groups excluding carboxylic acids is 2. The summed E-state index contributed by atoms with van der Waals surface area (Å²) in [4.78, 5) is 27.5. The molecule has 0 bridgehead atoms. The molecule has 4 rings (SSSR count). The zero-order valence-electron chi connectivity index (χ0n) is 21.8. The zero-order valence-corrected chi connectivity index (χ0v) is 23.4. The highest BCUT2D eigenvalue weighted by atomic mass is 32.2. The molecule has 0 unspecified atom stereocenters. The van der Waals surface area contributed by atoms with Crippen molar-refractivity contribution in [1.29, 1.82) is 0 Å². The number of fused-ring (bicyclic) bond motifs is 1. The maximum atomic E-state index is 13.4. The van der Waals surface area contributed by atoms with Crippen LogP contribution in [0.4, 0.5) is 11.4 Å². The van der Waals surface area contributed by atoms with Crippen molar-refractivity contribution in [2.45, 2.75) is 49.9 Å². The largest absolute Gasteiger partial charge is 0.456 e. The summed E-state index contributed by atoms with van der Waals surface area (Å²) < 4.78 is 33.6. The second-order valence-electron chi connectivity index (χ2n) is 9.35. The number of anilines is 2. The van der Waals surface area contributed by atoms with E-state index in [1.165, 1.54) is 4.31 Å². The number of benzene rings is 2. The van der Waals surface area contributed by atoms with Crippen LogP contribution in [0, 0.1) is 0 Å². The number of hydrogen-bond acceptors (Lipinski definition) is 7. The molecule has 0 saturated heterocycles. The Morgan fingerprint density at radius 2 is 1.84 bits per heavy atom. The zero-order chi connectivity index (χ0) is 27.3. The van der Waals surface area contributed by atoms with E-state index in [-0.39, 0.29) is 17.2 Å². The van der Waals surface area contributed by atoms with Crippen LogP contribution in [0.25, 0.3) is 0 Å². The van der Waals surface area contributed by atoms with Crippen molar-refractivity contribution in [2.75, 3.05) is 29.9 Å². The molecule has 10 heteroatoms. The van der Waals surface area contributed by atoms with Gasteiger partial charge in [-0.3, -0.25) is 9.59 Å². The maximum Gasteiger partial charge on any atom is 0.308 e. The van der Waals surface area contributed by atoms with Crippen LogP contribution in [-0.4, -0.2) is 50.3 Å². The Labute approximate surface area is 228 Å². The molecule has 1 aromatic heterocycles. The van der Waals surface area contributed by atoms with Crippen molar-refractivity contribution >= 4 is 44.6 Å². The van der Waals surface area contributed by atoms with Gasteiger partial charge in [0.2, 0.25) is 0 Å². The summed E-state index contributed by atoms with van der Waals surface area (Å²) in [6, 6.07) is 17.9. The molecule has 8 nitrogen and oxygen atoms in total. The lowest BCUT2D eigenvalue weighted by Crippen LogP contribution is -2.41. The van der Waals surface area contributed by atoms with E-state index < -0.39 is 34.5 Å². The van der Waals surface area contributed by atoms with Crippen molar-refractivity contribution in [3.05, 3.63) is 77.2 Å². The standard InChI is InChI=1S/C28H33N3O5S2/c1-4-30(20(2)3)23-13-11-22(12-14-23)29-26(32)19-36-27(33)18-25-24-9-6-5-8-21(24)15-16-31(25)38(34,35)28-10-7-17-37-28/h5-14,17,20,25H,4,15-16,18-19H2,1-3H3,(H,29,32)/t25-/m0/s1. The second-order valence-corrected chi connectivity index (χ2v) is 12.4. The van der Waals surface area contributed by atoms with Crippen molar-refractivity contribution < 1.29 is 22.7 Å². The first kappa shape index (κ1) is 27.8. The van der Waals surface area contributed by atoms with E-state index in [1.54, 1.807) is 17.5 Å². The molecular weight excluding hydrogens is 522 g/mol. The fourth-order valence-electron chi connectivity index (χ4n) is 4.80. The van der Waals surface area contributed by atoms with E-state index in [9.17, 15) is 18.0 Å². The summed E-state index contributed by atoms with van der Waals surface area (Å²) in [6.45, 7) is 7.01. The SMILES string of the molecule is CCN(c1ccc(NC(=O)COC(=O)C[C@H]2c3ccccc3CCN2S(=O)(=O)c2cccs2)cc1)C(C)C. The van der Waals surface area contributed by atoms with Crippen molar-refractivity contribution in [2.24, 2.45) is 0 Å². The van der Waals surface area contributed by atoms with Gasteiger partial charge in [0.05, 0.1) is 12.5 Å². The lowest BCUT2D eigenvalue weighted by molar-refractivity contribution is -0.148. The number of nitrogens with zero attached hydrogens (tertiary/aromatic N) is 2. The summed E-state index contributed by atoms with van der Waals surface area (Å²) in [6.07, 6.45) is 0.367. The van der Waals surface area contributed by atoms with Gasteiger partial charge in [0, 0.05) is 30.5 Å². The number of sulfonamides is 1. The van der Waals surface area contributed by atoms with Crippen molar-refractivity contribution in [3.8, 4) is 0 Å². The van der Waals surface area contributed by atoms with Gasteiger partial charge < -0.3 is 15.0 Å². The Balaban J connectivity index is 1.40. The first-order valence-corrected chi connectivity index (χ1v) is 15.0. The van der Waals surface area contributed by atoms with Crippen molar-refractivity contribution in [1.82, 2.24) is 4.31 Å². The van der Waals surface area contributed by atoms with Crippen LogP contribution in [-0.2, 0) is 30.8 Å². The van der Waals surface area contributed by atoms with Crippen LogP contribution in [0.15, 0.2) is 70.3 Å². The Bertz CT molecular complexity index is 1360. The predicted molar refractivity (Wildman–Crippen MR) is 150 cm³/mol. The minimum atomic E-state index is -3.78. The molecule has 0 radical (unpaired) electrons. The smallest absolute Gasteiger partial charge is 0.308 e. The van der Waals surface area contributed by atoms with E-state index >= 15 is 0 Å². The van der Waals surface area contributed by atoms with Crippen LogP contribution >= 0.6 is 11.3 Å². The number of rotatable bonds is 10. The van der Waals surface area contributed by atoms with Crippen LogP contribution in [0.1, 0.15) is 44.4 Å². The highest BCUT2D eigenvalue weighted by molar-refractivity contribution is 7.91. The topological polar surface area (TPSA) is 96.0 Å². The molecule has 1 N–H and O–H groups in total. The lowest BCUT2D eigenvalue weighted by atomic mass is 9.92. The number of hydrogen-bond donors (Lipinski definition) is 1. The van der Waals surface area contributed by atoms with Gasteiger partial charge in [0.15, 0.2) is 6.61 Å². The van der Waals surface area contributed by atoms with Gasteiger partial charge in [0.25, 0.3) is 15.9 Å². The quantitative estimate of drug-likeness (QED) is 0.360. The molecule has 1 amide bonds. The fourth-order valence-corrected chi connectivity index (χ4v) is 7.52. The van der Waals surface area contributed by atoms with E-state index in [4.69, 9.17) is 4.74 Å². The van der Waals surface area contributed by atoms with Gasteiger partial charge in [-0.1, -0.05) is 30.3 Å². The molecule has 0 saturated carbocycles. The third kappa shape index (κ3) is 6.25. The molecule has 2 heterocycles. The monoisotopic (exact) mass is 555 g/mol. The molecule has 1 aliphatic heterocycles.